The van der Waals surface area contributed by atoms with Crippen LogP contribution in [0.5, 0.6) is 0 Å². The van der Waals surface area contributed by atoms with Crippen LogP contribution in [-0.2, 0) is 10.8 Å². The summed E-state index contributed by atoms with van der Waals surface area (Å²) in [5, 5.41) is 4.36. The van der Waals surface area contributed by atoms with Crippen molar-refractivity contribution in [1.29, 1.82) is 0 Å². The van der Waals surface area contributed by atoms with Gasteiger partial charge in [0, 0.05) is 10.9 Å². The summed E-state index contributed by atoms with van der Waals surface area (Å²) in [5.41, 5.74) is 0. The predicted molar refractivity (Wildman–Crippen MR) is 95.1 cm³/mol. The van der Waals surface area contributed by atoms with Gasteiger partial charge in [0.05, 0.1) is 16.6 Å². The second-order valence-electron chi connectivity index (χ2n) is 6.59. The lowest BCUT2D eigenvalue weighted by molar-refractivity contribution is -0.152. The molecule has 6 heteroatoms. The van der Waals surface area contributed by atoms with Crippen molar-refractivity contribution in [3.8, 4) is 0 Å². The third kappa shape index (κ3) is 4.61. The van der Waals surface area contributed by atoms with Crippen LogP contribution in [0.3, 0.4) is 0 Å². The van der Waals surface area contributed by atoms with Crippen molar-refractivity contribution in [2.75, 3.05) is 5.75 Å². The highest BCUT2D eigenvalue weighted by molar-refractivity contribution is 7.85. The number of rotatable bonds is 5. The standard InChI is InChI=1S/C19H22F3NOS/c20-19(21,22)18(23-15-9-2-1-3-10-15)13-25(24)17-12-6-8-14-7-4-5-11-16(14)17/h4-8,11-12,15,18,23H,1-3,9-10,13H2/t18-,25?/m1/s1. The number of hydrogen-bond donors (Lipinski definition) is 1. The number of halogens is 3. The molecular weight excluding hydrogens is 347 g/mol. The molecule has 2 atom stereocenters. The van der Waals surface area contributed by atoms with Crippen LogP contribution < -0.4 is 5.32 Å². The van der Waals surface area contributed by atoms with E-state index in [1.54, 1.807) is 18.2 Å². The maximum atomic E-state index is 13.5. The van der Waals surface area contributed by atoms with E-state index in [-0.39, 0.29) is 6.04 Å². The fourth-order valence-electron chi connectivity index (χ4n) is 3.43. The molecule has 3 rings (SSSR count). The van der Waals surface area contributed by atoms with Crippen molar-refractivity contribution in [2.45, 2.75) is 55.3 Å². The Hall–Kier alpha value is -1.40. The van der Waals surface area contributed by atoms with E-state index < -0.39 is 28.8 Å². The first kappa shape index (κ1) is 18.4. The fourth-order valence-corrected chi connectivity index (χ4v) is 4.86. The summed E-state index contributed by atoms with van der Waals surface area (Å²) in [5.74, 6) is -0.450. The van der Waals surface area contributed by atoms with Crippen LogP contribution in [-0.4, -0.2) is 28.2 Å². The van der Waals surface area contributed by atoms with Gasteiger partial charge in [-0.1, -0.05) is 55.7 Å². The lowest BCUT2D eigenvalue weighted by Gasteiger charge is -2.29. The Labute approximate surface area is 148 Å². The van der Waals surface area contributed by atoms with Crippen LogP contribution in [0, 0.1) is 0 Å². The molecule has 0 amide bonds. The van der Waals surface area contributed by atoms with Gasteiger partial charge in [0.15, 0.2) is 0 Å². The third-order valence-corrected chi connectivity index (χ3v) is 6.23. The summed E-state index contributed by atoms with van der Waals surface area (Å²) in [4.78, 5) is 0.470. The maximum absolute atomic E-state index is 13.5. The van der Waals surface area contributed by atoms with E-state index in [1.165, 1.54) is 0 Å². The largest absolute Gasteiger partial charge is 0.404 e. The first-order valence-corrected chi connectivity index (χ1v) is 9.96. The molecule has 1 N–H and O–H groups in total. The zero-order valence-electron chi connectivity index (χ0n) is 13.9. The molecular formula is C19H22F3NOS. The summed E-state index contributed by atoms with van der Waals surface area (Å²) >= 11 is 0. The van der Waals surface area contributed by atoms with Gasteiger partial charge in [-0.3, -0.25) is 4.21 Å². The van der Waals surface area contributed by atoms with E-state index >= 15 is 0 Å². The quantitative estimate of drug-likeness (QED) is 0.820. The second kappa shape index (κ2) is 7.87. The third-order valence-electron chi connectivity index (χ3n) is 4.75. The molecule has 1 fully saturated rings. The van der Waals surface area contributed by atoms with Crippen molar-refractivity contribution in [2.24, 2.45) is 0 Å². The number of alkyl halides is 3. The highest BCUT2D eigenvalue weighted by Crippen LogP contribution is 2.28. The summed E-state index contributed by atoms with van der Waals surface area (Å²) in [6.45, 7) is 0. The Bertz CT molecular complexity index is 736. The molecule has 0 spiro atoms. The highest BCUT2D eigenvalue weighted by Gasteiger charge is 2.42. The second-order valence-corrected chi connectivity index (χ2v) is 8.05. The summed E-state index contributed by atoms with van der Waals surface area (Å²) < 4.78 is 53.1. The Kier molecular flexibility index (Phi) is 5.79. The van der Waals surface area contributed by atoms with Crippen LogP contribution in [0.25, 0.3) is 10.8 Å². The lowest BCUT2D eigenvalue weighted by Crippen LogP contribution is -2.50. The topological polar surface area (TPSA) is 29.1 Å². The van der Waals surface area contributed by atoms with Gasteiger partial charge in [-0.25, -0.2) is 0 Å². The Morgan fingerprint density at radius 1 is 1.04 bits per heavy atom. The minimum atomic E-state index is -4.41. The number of nitrogens with one attached hydrogen (secondary N) is 1. The van der Waals surface area contributed by atoms with E-state index in [9.17, 15) is 17.4 Å². The van der Waals surface area contributed by atoms with Crippen LogP contribution in [0.1, 0.15) is 32.1 Å². The van der Waals surface area contributed by atoms with Crippen molar-refractivity contribution < 1.29 is 17.4 Å². The van der Waals surface area contributed by atoms with E-state index in [4.69, 9.17) is 0 Å². The Balaban J connectivity index is 1.79. The average molecular weight is 369 g/mol. The van der Waals surface area contributed by atoms with Crippen LogP contribution >= 0.6 is 0 Å². The average Bonchev–Trinajstić information content (AvgIpc) is 2.60. The molecule has 1 saturated carbocycles. The van der Waals surface area contributed by atoms with Gasteiger partial charge < -0.3 is 5.32 Å². The van der Waals surface area contributed by atoms with Crippen LogP contribution in [0.2, 0.25) is 0 Å². The molecule has 1 unspecified atom stereocenters. The molecule has 2 nitrogen and oxygen atoms in total. The van der Waals surface area contributed by atoms with Gasteiger partial charge in [-0.2, -0.15) is 13.2 Å². The van der Waals surface area contributed by atoms with Gasteiger partial charge in [0.1, 0.15) is 6.04 Å². The maximum Gasteiger partial charge on any atom is 0.404 e. The molecule has 2 aromatic rings. The molecule has 0 bridgehead atoms. The molecule has 1 aliphatic carbocycles. The van der Waals surface area contributed by atoms with E-state index in [2.05, 4.69) is 5.32 Å². The Morgan fingerprint density at radius 2 is 1.72 bits per heavy atom. The molecule has 0 aromatic heterocycles. The molecule has 0 heterocycles. The zero-order chi connectivity index (χ0) is 17.9. The monoisotopic (exact) mass is 369 g/mol. The first-order chi connectivity index (χ1) is 11.9. The van der Waals surface area contributed by atoms with E-state index in [1.807, 2.05) is 24.3 Å². The molecule has 0 aliphatic heterocycles. The number of hydrogen-bond acceptors (Lipinski definition) is 2. The zero-order valence-corrected chi connectivity index (χ0v) is 14.7. The first-order valence-electron chi connectivity index (χ1n) is 8.64. The van der Waals surface area contributed by atoms with Gasteiger partial charge in [-0.15, -0.1) is 0 Å². The normalized spacial score (nSPS) is 19.0. The number of fused-ring (bicyclic) bond motifs is 1. The van der Waals surface area contributed by atoms with Crippen LogP contribution in [0.15, 0.2) is 47.4 Å². The molecule has 25 heavy (non-hydrogen) atoms. The summed E-state index contributed by atoms with van der Waals surface area (Å²) in [6, 6.07) is 10.7. The molecule has 0 saturated heterocycles. The van der Waals surface area contributed by atoms with E-state index in [0.717, 1.165) is 42.9 Å². The molecule has 2 aromatic carbocycles. The molecule has 136 valence electrons. The Morgan fingerprint density at radius 3 is 2.44 bits per heavy atom. The predicted octanol–water partition coefficient (Wildman–Crippen LogP) is 4.80. The molecule has 1 aliphatic rings. The van der Waals surface area contributed by atoms with Gasteiger partial charge in [0.25, 0.3) is 0 Å². The molecule has 0 radical (unpaired) electrons. The van der Waals surface area contributed by atoms with E-state index in [0.29, 0.717) is 4.90 Å². The summed E-state index contributed by atoms with van der Waals surface area (Å²) in [7, 11) is -1.72. The van der Waals surface area contributed by atoms with Gasteiger partial charge in [-0.05, 0) is 29.7 Å². The summed E-state index contributed by atoms with van der Waals surface area (Å²) in [6.07, 6.45) is 0.0960. The smallest absolute Gasteiger partial charge is 0.303 e. The number of benzene rings is 2. The minimum absolute atomic E-state index is 0.134. The van der Waals surface area contributed by atoms with Crippen molar-refractivity contribution >= 4 is 21.6 Å². The van der Waals surface area contributed by atoms with Crippen molar-refractivity contribution in [3.63, 3.8) is 0 Å². The highest BCUT2D eigenvalue weighted by atomic mass is 32.2. The van der Waals surface area contributed by atoms with Crippen molar-refractivity contribution in [3.05, 3.63) is 42.5 Å². The fraction of sp³-hybridized carbons (Fsp3) is 0.474. The SMILES string of the molecule is O=S(C[C@@H](NC1CCCCC1)C(F)(F)F)c1cccc2ccccc12. The van der Waals surface area contributed by atoms with Crippen molar-refractivity contribution in [1.82, 2.24) is 5.32 Å². The lowest BCUT2D eigenvalue weighted by atomic mass is 9.95. The van der Waals surface area contributed by atoms with Gasteiger partial charge in [0.2, 0.25) is 0 Å². The van der Waals surface area contributed by atoms with Crippen LogP contribution in [0.4, 0.5) is 13.2 Å². The van der Waals surface area contributed by atoms with Gasteiger partial charge >= 0.3 is 6.18 Å². The minimum Gasteiger partial charge on any atom is -0.303 e.